The Morgan fingerprint density at radius 1 is 1.13 bits per heavy atom. The highest BCUT2D eigenvalue weighted by molar-refractivity contribution is 6.05. The molecule has 1 aromatic rings. The van der Waals surface area contributed by atoms with Gasteiger partial charge in [0.15, 0.2) is 5.78 Å². The minimum Gasteiger partial charge on any atom is -0.378 e. The van der Waals surface area contributed by atoms with Crippen LogP contribution >= 0.6 is 0 Å². The number of ether oxygens (including phenoxy) is 1. The SMILES string of the molecule is CC1=C(C(=O)N2CCOCC2)[C@H](c2ccc(N(C)C)cc2)C2=C(CC(C)(C)CC2=O)N1. The van der Waals surface area contributed by atoms with Gasteiger partial charge in [0.25, 0.3) is 5.91 Å². The Labute approximate surface area is 184 Å². The number of carbonyl (C=O) groups is 2. The summed E-state index contributed by atoms with van der Waals surface area (Å²) in [6, 6.07) is 8.23. The predicted molar refractivity (Wildman–Crippen MR) is 122 cm³/mol. The molecule has 0 aromatic heterocycles. The Balaban J connectivity index is 1.81. The lowest BCUT2D eigenvalue weighted by Crippen LogP contribution is -2.45. The molecule has 2 heterocycles. The van der Waals surface area contributed by atoms with E-state index in [1.807, 2.05) is 30.8 Å². The van der Waals surface area contributed by atoms with Gasteiger partial charge in [-0.1, -0.05) is 26.0 Å². The number of carbonyl (C=O) groups excluding carboxylic acids is 2. The molecule has 1 saturated heterocycles. The number of hydrogen-bond acceptors (Lipinski definition) is 5. The number of ketones is 1. The number of dihydropyridines is 1. The van der Waals surface area contributed by atoms with E-state index in [-0.39, 0.29) is 23.0 Å². The molecule has 3 aliphatic rings. The maximum absolute atomic E-state index is 13.7. The number of Topliss-reactive ketones (excluding diaryl/α,β-unsaturated/α-hetero) is 1. The first-order valence-corrected chi connectivity index (χ1v) is 11.1. The summed E-state index contributed by atoms with van der Waals surface area (Å²) in [5, 5.41) is 3.46. The summed E-state index contributed by atoms with van der Waals surface area (Å²) in [5.41, 5.74) is 5.26. The smallest absolute Gasteiger partial charge is 0.252 e. The van der Waals surface area contributed by atoms with E-state index >= 15 is 0 Å². The number of hydrogen-bond donors (Lipinski definition) is 1. The van der Waals surface area contributed by atoms with E-state index in [2.05, 4.69) is 43.4 Å². The van der Waals surface area contributed by atoms with Crippen molar-refractivity contribution in [2.45, 2.75) is 39.5 Å². The first kappa shape index (κ1) is 21.6. The standard InChI is InChI=1S/C25H33N3O3/c1-16-21(24(30)28-10-12-31-13-11-28)22(17-6-8-18(9-7-17)27(4)5)23-19(26-16)14-25(2,3)15-20(23)29/h6-9,22,26H,10-15H2,1-5H3/t22-/m0/s1. The molecule has 0 spiro atoms. The Hall–Kier alpha value is -2.60. The second-order valence-corrected chi connectivity index (χ2v) is 9.82. The fourth-order valence-electron chi connectivity index (χ4n) is 4.95. The molecule has 1 fully saturated rings. The zero-order chi connectivity index (χ0) is 22.3. The highest BCUT2D eigenvalue weighted by Crippen LogP contribution is 2.47. The van der Waals surface area contributed by atoms with E-state index in [4.69, 9.17) is 4.74 Å². The maximum Gasteiger partial charge on any atom is 0.252 e. The van der Waals surface area contributed by atoms with Gasteiger partial charge in [-0.3, -0.25) is 9.59 Å². The third-order valence-electron chi connectivity index (χ3n) is 6.51. The third kappa shape index (κ3) is 4.13. The zero-order valence-electron chi connectivity index (χ0n) is 19.2. The Morgan fingerprint density at radius 2 is 1.77 bits per heavy atom. The number of anilines is 1. The number of nitrogens with one attached hydrogen (secondary N) is 1. The minimum absolute atomic E-state index is 0.000769. The zero-order valence-corrected chi connectivity index (χ0v) is 19.2. The monoisotopic (exact) mass is 423 g/mol. The van der Waals surface area contributed by atoms with Crippen LogP contribution in [0.4, 0.5) is 5.69 Å². The van der Waals surface area contributed by atoms with E-state index in [1.54, 1.807) is 0 Å². The normalized spacial score (nSPS) is 23.5. The second kappa shape index (κ2) is 8.15. The largest absolute Gasteiger partial charge is 0.378 e. The Kier molecular flexibility index (Phi) is 5.69. The molecule has 0 unspecified atom stereocenters. The highest BCUT2D eigenvalue weighted by Gasteiger charge is 2.43. The summed E-state index contributed by atoms with van der Waals surface area (Å²) in [5.74, 6) is -0.203. The summed E-state index contributed by atoms with van der Waals surface area (Å²) >= 11 is 0. The summed E-state index contributed by atoms with van der Waals surface area (Å²) in [4.78, 5) is 30.9. The fraction of sp³-hybridized carbons (Fsp3) is 0.520. The van der Waals surface area contributed by atoms with Crippen molar-refractivity contribution in [3.8, 4) is 0 Å². The van der Waals surface area contributed by atoms with Crippen LogP contribution in [0.2, 0.25) is 0 Å². The molecule has 1 aliphatic carbocycles. The molecule has 1 amide bonds. The van der Waals surface area contributed by atoms with Gasteiger partial charge in [-0.05, 0) is 36.5 Å². The second-order valence-electron chi connectivity index (χ2n) is 9.82. The molecule has 2 aliphatic heterocycles. The molecule has 1 aromatic carbocycles. The van der Waals surface area contributed by atoms with Crippen LogP contribution in [0.1, 0.15) is 45.1 Å². The van der Waals surface area contributed by atoms with Crippen LogP contribution in [-0.2, 0) is 14.3 Å². The average Bonchev–Trinajstić information content (AvgIpc) is 2.72. The fourth-order valence-corrected chi connectivity index (χ4v) is 4.95. The number of nitrogens with zero attached hydrogens (tertiary/aromatic N) is 2. The van der Waals surface area contributed by atoms with Crippen molar-refractivity contribution in [3.63, 3.8) is 0 Å². The van der Waals surface area contributed by atoms with Gasteiger partial charge in [0.1, 0.15) is 0 Å². The molecular formula is C25H33N3O3. The minimum atomic E-state index is -0.341. The Morgan fingerprint density at radius 3 is 2.39 bits per heavy atom. The lowest BCUT2D eigenvalue weighted by Gasteiger charge is -2.41. The lowest BCUT2D eigenvalue weighted by atomic mass is 9.68. The number of amides is 1. The first-order valence-electron chi connectivity index (χ1n) is 11.1. The molecule has 0 saturated carbocycles. The molecule has 4 rings (SSSR count). The van der Waals surface area contributed by atoms with Crippen LogP contribution in [0, 0.1) is 5.41 Å². The van der Waals surface area contributed by atoms with Crippen molar-refractivity contribution in [1.82, 2.24) is 10.2 Å². The van der Waals surface area contributed by atoms with E-state index in [0.717, 1.165) is 34.6 Å². The van der Waals surface area contributed by atoms with E-state index < -0.39 is 0 Å². The van der Waals surface area contributed by atoms with Crippen molar-refractivity contribution in [1.29, 1.82) is 0 Å². The van der Waals surface area contributed by atoms with Crippen LogP contribution in [0.5, 0.6) is 0 Å². The van der Waals surface area contributed by atoms with Crippen molar-refractivity contribution in [2.75, 3.05) is 45.3 Å². The van der Waals surface area contributed by atoms with Gasteiger partial charge < -0.3 is 19.9 Å². The summed E-state index contributed by atoms with van der Waals surface area (Å²) in [6.07, 6.45) is 1.30. The van der Waals surface area contributed by atoms with Crippen molar-refractivity contribution >= 4 is 17.4 Å². The van der Waals surface area contributed by atoms with Crippen molar-refractivity contribution in [2.24, 2.45) is 5.41 Å². The molecule has 1 atom stereocenters. The van der Waals surface area contributed by atoms with Crippen LogP contribution in [0.15, 0.2) is 46.8 Å². The molecule has 1 N–H and O–H groups in total. The number of benzene rings is 1. The van der Waals surface area contributed by atoms with E-state index in [1.165, 1.54) is 0 Å². The number of allylic oxidation sites excluding steroid dienone is 3. The van der Waals surface area contributed by atoms with Crippen molar-refractivity contribution < 1.29 is 14.3 Å². The van der Waals surface area contributed by atoms with Gasteiger partial charge in [-0.2, -0.15) is 0 Å². The van der Waals surface area contributed by atoms with Crippen LogP contribution in [0.3, 0.4) is 0 Å². The molecule has 0 radical (unpaired) electrons. The summed E-state index contributed by atoms with van der Waals surface area (Å²) in [6.45, 7) is 8.48. The van der Waals surface area contributed by atoms with Crippen LogP contribution in [-0.4, -0.2) is 57.0 Å². The van der Waals surface area contributed by atoms with Gasteiger partial charge in [0.2, 0.25) is 0 Å². The Bertz CT molecular complexity index is 951. The molecule has 31 heavy (non-hydrogen) atoms. The molecule has 6 nitrogen and oxygen atoms in total. The number of rotatable bonds is 3. The molecule has 0 bridgehead atoms. The van der Waals surface area contributed by atoms with E-state index in [9.17, 15) is 9.59 Å². The van der Waals surface area contributed by atoms with Crippen LogP contribution in [0.25, 0.3) is 0 Å². The molecular weight excluding hydrogens is 390 g/mol. The topological polar surface area (TPSA) is 61.9 Å². The molecule has 6 heteroatoms. The van der Waals surface area contributed by atoms with Gasteiger partial charge in [-0.15, -0.1) is 0 Å². The predicted octanol–water partition coefficient (Wildman–Crippen LogP) is 3.22. The highest BCUT2D eigenvalue weighted by atomic mass is 16.5. The van der Waals surface area contributed by atoms with Gasteiger partial charge in [0, 0.05) is 67.8 Å². The van der Waals surface area contributed by atoms with Crippen LogP contribution < -0.4 is 10.2 Å². The maximum atomic E-state index is 13.7. The average molecular weight is 424 g/mol. The molecule has 166 valence electrons. The van der Waals surface area contributed by atoms with Gasteiger partial charge >= 0.3 is 0 Å². The van der Waals surface area contributed by atoms with E-state index in [0.29, 0.717) is 38.3 Å². The summed E-state index contributed by atoms with van der Waals surface area (Å²) < 4.78 is 5.44. The first-order chi connectivity index (χ1) is 14.7. The van der Waals surface area contributed by atoms with Crippen molar-refractivity contribution in [3.05, 3.63) is 52.4 Å². The number of morpholine rings is 1. The quantitative estimate of drug-likeness (QED) is 0.809. The lowest BCUT2D eigenvalue weighted by molar-refractivity contribution is -0.131. The third-order valence-corrected chi connectivity index (χ3v) is 6.51. The summed E-state index contributed by atoms with van der Waals surface area (Å²) in [7, 11) is 4.01. The van der Waals surface area contributed by atoms with Gasteiger partial charge in [0.05, 0.1) is 13.2 Å². The van der Waals surface area contributed by atoms with Gasteiger partial charge in [-0.25, -0.2) is 0 Å².